The van der Waals surface area contributed by atoms with Crippen molar-refractivity contribution in [3.05, 3.63) is 243 Å². The third-order valence-corrected chi connectivity index (χ3v) is 13.7. The fraction of sp³-hybridized carbons (Fsp3) is 0. The maximum Gasteiger partial charge on any atom is 0.238 e. The van der Waals surface area contributed by atoms with Crippen LogP contribution >= 0.6 is 0 Å². The molecule has 0 radical (unpaired) electrons. The van der Waals surface area contributed by atoms with Crippen LogP contribution in [0, 0.1) is 0 Å². The molecule has 14 aromatic rings. The average Bonchev–Trinajstić information content (AvgIpc) is 4.07. The molecule has 0 unspecified atom stereocenters. The predicted octanol–water partition coefficient (Wildman–Crippen LogP) is 15.8. The molecule has 0 aliphatic heterocycles. The highest BCUT2D eigenvalue weighted by Gasteiger charge is 2.24. The SMILES string of the molecule is c1ccc(-c2nc(-c3ccc4c(c3)c3ccccc3n4-c3ccccc3)nc(-n3c4ccccc4c4ccc5c6ccccc6n(-c6ccc(-c7ccccc7-c7ccccc7)cc6)c5c43)n2)cc1. The first-order chi connectivity index (χ1) is 34.2. The predicted molar refractivity (Wildman–Crippen MR) is 285 cm³/mol. The van der Waals surface area contributed by atoms with Crippen LogP contribution in [0.5, 0.6) is 0 Å². The van der Waals surface area contributed by atoms with Crippen LogP contribution in [0.4, 0.5) is 0 Å². The number of aromatic nitrogens is 6. The van der Waals surface area contributed by atoms with E-state index < -0.39 is 0 Å². The van der Waals surface area contributed by atoms with Crippen LogP contribution in [0.3, 0.4) is 0 Å². The van der Waals surface area contributed by atoms with Gasteiger partial charge in [0.05, 0.1) is 33.1 Å². The molecule has 4 aromatic heterocycles. The van der Waals surface area contributed by atoms with Crippen molar-refractivity contribution < 1.29 is 0 Å². The molecular weight excluding hydrogens is 841 g/mol. The van der Waals surface area contributed by atoms with Crippen LogP contribution in [0.25, 0.3) is 128 Å². The van der Waals surface area contributed by atoms with Gasteiger partial charge >= 0.3 is 0 Å². The zero-order valence-corrected chi connectivity index (χ0v) is 37.3. The van der Waals surface area contributed by atoms with Crippen molar-refractivity contribution in [2.24, 2.45) is 0 Å². The van der Waals surface area contributed by atoms with E-state index in [9.17, 15) is 0 Å². The smallest absolute Gasteiger partial charge is 0.238 e. The van der Waals surface area contributed by atoms with E-state index in [2.05, 4.69) is 238 Å². The number of fused-ring (bicyclic) bond motifs is 10. The van der Waals surface area contributed by atoms with Gasteiger partial charge in [-0.1, -0.05) is 182 Å². The number of benzene rings is 10. The normalized spacial score (nSPS) is 11.8. The number of hydrogen-bond donors (Lipinski definition) is 0. The lowest BCUT2D eigenvalue weighted by atomic mass is 9.94. The Labute approximate surface area is 397 Å². The Balaban J connectivity index is 1.02. The molecule has 0 saturated carbocycles. The van der Waals surface area contributed by atoms with E-state index in [0.717, 1.165) is 82.7 Å². The molecule has 0 spiro atoms. The summed E-state index contributed by atoms with van der Waals surface area (Å²) in [6.45, 7) is 0. The van der Waals surface area contributed by atoms with Gasteiger partial charge in [0.1, 0.15) is 0 Å². The summed E-state index contributed by atoms with van der Waals surface area (Å²) in [7, 11) is 0. The molecule has 69 heavy (non-hydrogen) atoms. The van der Waals surface area contributed by atoms with Gasteiger partial charge in [0.2, 0.25) is 5.95 Å². The molecule has 0 atom stereocenters. The minimum Gasteiger partial charge on any atom is -0.309 e. The van der Waals surface area contributed by atoms with E-state index in [4.69, 9.17) is 15.0 Å². The maximum atomic E-state index is 5.49. The summed E-state index contributed by atoms with van der Waals surface area (Å²) in [4.78, 5) is 16.2. The molecule has 0 saturated heterocycles. The van der Waals surface area contributed by atoms with E-state index in [1.807, 2.05) is 18.2 Å². The Morgan fingerprint density at radius 3 is 1.29 bits per heavy atom. The molecule has 322 valence electrons. The van der Waals surface area contributed by atoms with Crippen molar-refractivity contribution in [3.8, 4) is 62.4 Å². The van der Waals surface area contributed by atoms with Crippen LogP contribution in [0.15, 0.2) is 243 Å². The van der Waals surface area contributed by atoms with Gasteiger partial charge in [-0.3, -0.25) is 4.57 Å². The third-order valence-electron chi connectivity index (χ3n) is 13.7. The molecule has 14 rings (SSSR count). The van der Waals surface area contributed by atoms with Crippen LogP contribution in [-0.2, 0) is 0 Å². The molecule has 0 N–H and O–H groups in total. The molecule has 6 heteroatoms. The summed E-state index contributed by atoms with van der Waals surface area (Å²) < 4.78 is 7.03. The Bertz CT molecular complexity index is 4280. The molecule has 0 amide bonds. The van der Waals surface area contributed by atoms with Gasteiger partial charge in [-0.05, 0) is 82.9 Å². The summed E-state index contributed by atoms with van der Waals surface area (Å²) in [6, 6.07) is 86.2. The Morgan fingerprint density at radius 2 is 0.667 bits per heavy atom. The topological polar surface area (TPSA) is 53.5 Å². The van der Waals surface area contributed by atoms with Crippen molar-refractivity contribution in [2.45, 2.75) is 0 Å². The molecule has 0 aliphatic carbocycles. The van der Waals surface area contributed by atoms with Crippen molar-refractivity contribution in [2.75, 3.05) is 0 Å². The molecule has 0 fully saturated rings. The fourth-order valence-corrected chi connectivity index (χ4v) is 10.6. The minimum absolute atomic E-state index is 0.550. The van der Waals surface area contributed by atoms with Gasteiger partial charge in [0, 0.05) is 54.8 Å². The van der Waals surface area contributed by atoms with Crippen molar-refractivity contribution >= 4 is 65.4 Å². The lowest BCUT2D eigenvalue weighted by Crippen LogP contribution is -2.07. The van der Waals surface area contributed by atoms with E-state index >= 15 is 0 Å². The summed E-state index contributed by atoms with van der Waals surface area (Å²) in [6.07, 6.45) is 0. The number of para-hydroxylation sites is 4. The summed E-state index contributed by atoms with van der Waals surface area (Å²) in [5.74, 6) is 1.75. The van der Waals surface area contributed by atoms with Crippen LogP contribution in [0.1, 0.15) is 0 Å². The molecule has 0 bridgehead atoms. The Kier molecular flexibility index (Phi) is 8.79. The van der Waals surface area contributed by atoms with E-state index in [1.54, 1.807) is 0 Å². The second-order valence-electron chi connectivity index (χ2n) is 17.6. The maximum absolute atomic E-state index is 5.49. The van der Waals surface area contributed by atoms with Gasteiger partial charge in [-0.2, -0.15) is 9.97 Å². The minimum atomic E-state index is 0.550. The number of rotatable bonds is 7. The van der Waals surface area contributed by atoms with Gasteiger partial charge in [-0.25, -0.2) is 4.98 Å². The highest BCUT2D eigenvalue weighted by molar-refractivity contribution is 6.23. The van der Waals surface area contributed by atoms with Gasteiger partial charge in [-0.15, -0.1) is 0 Å². The highest BCUT2D eigenvalue weighted by atomic mass is 15.2. The standard InChI is InChI=1S/C63H40N6/c1-4-18-41(19-5-1)47-24-10-11-25-48(47)42-32-35-46(36-33-42)68-56-30-16-12-26-49(56)52-37-38-53-50-27-13-17-31-57(50)69(60(53)59(52)68)63-65-61(43-20-6-2-7-21-43)64-62(66-63)44-34-39-58-54(40-44)51-28-14-15-29-55(51)67(58)45-22-8-3-9-23-45/h1-40H. The average molecular weight is 881 g/mol. The molecular formula is C63H40N6. The highest BCUT2D eigenvalue weighted by Crippen LogP contribution is 2.43. The quantitative estimate of drug-likeness (QED) is 0.160. The molecule has 4 heterocycles. The summed E-state index contributed by atoms with van der Waals surface area (Å²) in [5, 5.41) is 6.87. The summed E-state index contributed by atoms with van der Waals surface area (Å²) in [5.41, 5.74) is 15.3. The number of nitrogens with zero attached hydrogens (tertiary/aromatic N) is 6. The summed E-state index contributed by atoms with van der Waals surface area (Å²) >= 11 is 0. The molecule has 0 aliphatic rings. The fourth-order valence-electron chi connectivity index (χ4n) is 10.6. The zero-order valence-electron chi connectivity index (χ0n) is 37.3. The van der Waals surface area contributed by atoms with Crippen LogP contribution < -0.4 is 0 Å². The van der Waals surface area contributed by atoms with Crippen molar-refractivity contribution in [1.82, 2.24) is 28.7 Å². The first-order valence-electron chi connectivity index (χ1n) is 23.4. The Hall–Kier alpha value is -9.39. The van der Waals surface area contributed by atoms with E-state index in [1.165, 1.54) is 27.5 Å². The van der Waals surface area contributed by atoms with Gasteiger partial charge < -0.3 is 9.13 Å². The first kappa shape index (κ1) is 38.8. The first-order valence-corrected chi connectivity index (χ1v) is 23.4. The largest absolute Gasteiger partial charge is 0.309 e. The monoisotopic (exact) mass is 880 g/mol. The van der Waals surface area contributed by atoms with Crippen molar-refractivity contribution in [1.29, 1.82) is 0 Å². The van der Waals surface area contributed by atoms with E-state index in [-0.39, 0.29) is 0 Å². The molecule has 6 nitrogen and oxygen atoms in total. The second-order valence-corrected chi connectivity index (χ2v) is 17.6. The third kappa shape index (κ3) is 6.16. The Morgan fingerprint density at radius 1 is 0.246 bits per heavy atom. The van der Waals surface area contributed by atoms with Crippen molar-refractivity contribution in [3.63, 3.8) is 0 Å². The lowest BCUT2D eigenvalue weighted by molar-refractivity contribution is 0.953. The van der Waals surface area contributed by atoms with Gasteiger partial charge in [0.25, 0.3) is 0 Å². The number of hydrogen-bond acceptors (Lipinski definition) is 3. The van der Waals surface area contributed by atoms with Crippen LogP contribution in [-0.4, -0.2) is 28.7 Å². The lowest BCUT2D eigenvalue weighted by Gasteiger charge is -2.14. The second kappa shape index (κ2) is 15.6. The van der Waals surface area contributed by atoms with Crippen LogP contribution in [0.2, 0.25) is 0 Å². The zero-order chi connectivity index (χ0) is 45.4. The van der Waals surface area contributed by atoms with Gasteiger partial charge in [0.15, 0.2) is 11.6 Å². The molecule has 10 aromatic carbocycles. The van der Waals surface area contributed by atoms with E-state index in [0.29, 0.717) is 17.6 Å².